The Morgan fingerprint density at radius 1 is 1.00 bits per heavy atom. The Balaban J connectivity index is 1.64. The number of rotatable bonds is 8. The van der Waals surface area contributed by atoms with Crippen molar-refractivity contribution in [3.63, 3.8) is 0 Å². The van der Waals surface area contributed by atoms with E-state index in [1.54, 1.807) is 30.5 Å². The summed E-state index contributed by atoms with van der Waals surface area (Å²) in [5, 5.41) is 0. The third kappa shape index (κ3) is 5.60. The van der Waals surface area contributed by atoms with E-state index in [-0.39, 0.29) is 23.4 Å². The minimum Gasteiger partial charge on any atom is -0.481 e. The van der Waals surface area contributed by atoms with Crippen molar-refractivity contribution in [3.8, 4) is 17.0 Å². The van der Waals surface area contributed by atoms with E-state index in [0.717, 1.165) is 11.1 Å². The maximum Gasteiger partial charge on any atom is 0.240 e. The molecule has 3 aromatic rings. The maximum absolute atomic E-state index is 13.7. The minimum atomic E-state index is -3.88. The zero-order valence-electron chi connectivity index (χ0n) is 16.5. The molecule has 0 spiro atoms. The van der Waals surface area contributed by atoms with E-state index in [4.69, 9.17) is 10.5 Å². The molecule has 3 rings (SSSR count). The van der Waals surface area contributed by atoms with Crippen molar-refractivity contribution in [3.05, 3.63) is 77.7 Å². The number of pyridine rings is 1. The lowest BCUT2D eigenvalue weighted by molar-refractivity contribution is 0.398. The lowest BCUT2D eigenvalue weighted by atomic mass is 10.1. The van der Waals surface area contributed by atoms with Crippen molar-refractivity contribution < 1.29 is 26.3 Å². The monoisotopic (exact) mass is 451 g/mol. The Morgan fingerprint density at radius 3 is 2.26 bits per heavy atom. The molecular formula is C21H20F3N3O3S. The van der Waals surface area contributed by atoms with Crippen LogP contribution in [0.5, 0.6) is 5.88 Å². The number of sulfonamides is 1. The van der Waals surface area contributed by atoms with Crippen LogP contribution < -0.4 is 15.2 Å². The first-order valence-electron chi connectivity index (χ1n) is 9.19. The van der Waals surface area contributed by atoms with Gasteiger partial charge in [-0.15, -0.1) is 0 Å². The first-order chi connectivity index (χ1) is 14.7. The molecule has 1 aromatic heterocycles. The van der Waals surface area contributed by atoms with Gasteiger partial charge >= 0.3 is 0 Å². The summed E-state index contributed by atoms with van der Waals surface area (Å²) in [6.45, 7) is -0.217. The fourth-order valence-corrected chi connectivity index (χ4v) is 3.97. The van der Waals surface area contributed by atoms with E-state index >= 15 is 0 Å². The number of hydrogen-bond acceptors (Lipinski definition) is 5. The predicted molar refractivity (Wildman–Crippen MR) is 109 cm³/mol. The quantitative estimate of drug-likeness (QED) is 0.514. The molecule has 6 nitrogen and oxygen atoms in total. The zero-order valence-corrected chi connectivity index (χ0v) is 17.3. The standard InChI is InChI=1S/C21H20F3N3O3S/c1-30-21-7-4-14(11-26-21)13-2-5-17(6-3-13)31(28,29)27-12-16(25)8-15-9-19(23)20(24)10-18(15)22/h2-7,9-11,16,27H,8,12,25H2,1H3/t16-/m1/s1. The van der Waals surface area contributed by atoms with E-state index in [1.807, 2.05) is 0 Å². The molecule has 1 atom stereocenters. The third-order valence-electron chi connectivity index (χ3n) is 4.55. The summed E-state index contributed by atoms with van der Waals surface area (Å²) in [6, 6.07) is 9.92. The summed E-state index contributed by atoms with van der Waals surface area (Å²) in [6.07, 6.45) is 1.44. The van der Waals surface area contributed by atoms with Crippen LogP contribution in [0.2, 0.25) is 0 Å². The second kappa shape index (κ2) is 9.46. The fourth-order valence-electron chi connectivity index (χ4n) is 2.87. The minimum absolute atomic E-state index is 0.0175. The van der Waals surface area contributed by atoms with Crippen LogP contribution in [0.15, 0.2) is 59.6 Å². The van der Waals surface area contributed by atoms with Crippen LogP contribution in [0.3, 0.4) is 0 Å². The van der Waals surface area contributed by atoms with Crippen LogP contribution in [0.1, 0.15) is 5.56 Å². The second-order valence-corrected chi connectivity index (χ2v) is 8.55. The van der Waals surface area contributed by atoms with Crippen molar-refractivity contribution in [2.45, 2.75) is 17.4 Å². The molecule has 164 valence electrons. The number of ether oxygens (including phenoxy) is 1. The van der Waals surface area contributed by atoms with E-state index in [2.05, 4.69) is 9.71 Å². The largest absolute Gasteiger partial charge is 0.481 e. The molecule has 0 radical (unpaired) electrons. The number of nitrogens with zero attached hydrogens (tertiary/aromatic N) is 1. The van der Waals surface area contributed by atoms with Crippen molar-refractivity contribution in [2.75, 3.05) is 13.7 Å². The fraction of sp³-hybridized carbons (Fsp3) is 0.190. The highest BCUT2D eigenvalue weighted by Crippen LogP contribution is 2.22. The highest BCUT2D eigenvalue weighted by atomic mass is 32.2. The zero-order chi connectivity index (χ0) is 22.6. The van der Waals surface area contributed by atoms with Gasteiger partial charge in [-0.3, -0.25) is 0 Å². The summed E-state index contributed by atoms with van der Waals surface area (Å²) >= 11 is 0. The van der Waals surface area contributed by atoms with Crippen molar-refractivity contribution >= 4 is 10.0 Å². The summed E-state index contributed by atoms with van der Waals surface area (Å²) in [5.74, 6) is -2.98. The van der Waals surface area contributed by atoms with Crippen LogP contribution in [-0.2, 0) is 16.4 Å². The summed E-state index contributed by atoms with van der Waals surface area (Å²) in [4.78, 5) is 4.12. The summed E-state index contributed by atoms with van der Waals surface area (Å²) in [5.41, 5.74) is 7.26. The van der Waals surface area contributed by atoms with E-state index in [9.17, 15) is 21.6 Å². The Bertz CT molecular complexity index is 1150. The normalized spacial score (nSPS) is 12.5. The van der Waals surface area contributed by atoms with Crippen LogP contribution in [0.25, 0.3) is 11.1 Å². The Morgan fingerprint density at radius 2 is 1.65 bits per heavy atom. The van der Waals surface area contributed by atoms with Gasteiger partial charge in [-0.25, -0.2) is 31.3 Å². The van der Waals surface area contributed by atoms with Crippen molar-refractivity contribution in [1.29, 1.82) is 0 Å². The highest BCUT2D eigenvalue weighted by Gasteiger charge is 2.18. The molecule has 2 aromatic carbocycles. The van der Waals surface area contributed by atoms with Gasteiger partial charge in [0, 0.05) is 36.5 Å². The Kier molecular flexibility index (Phi) is 6.94. The SMILES string of the molecule is COc1ccc(-c2ccc(S(=O)(=O)NC[C@H](N)Cc3cc(F)c(F)cc3F)cc2)cn1. The summed E-state index contributed by atoms with van der Waals surface area (Å²) < 4.78 is 72.4. The lowest BCUT2D eigenvalue weighted by Crippen LogP contribution is -2.38. The first-order valence-corrected chi connectivity index (χ1v) is 10.7. The number of hydrogen-bond donors (Lipinski definition) is 2. The van der Waals surface area contributed by atoms with Gasteiger partial charge in [0.1, 0.15) is 5.82 Å². The van der Waals surface area contributed by atoms with Gasteiger partial charge in [-0.1, -0.05) is 12.1 Å². The predicted octanol–water partition coefficient (Wildman–Crippen LogP) is 3.02. The second-order valence-electron chi connectivity index (χ2n) is 6.79. The molecule has 10 heteroatoms. The number of nitrogens with one attached hydrogen (secondary N) is 1. The molecule has 0 fully saturated rings. The third-order valence-corrected chi connectivity index (χ3v) is 5.99. The molecular weight excluding hydrogens is 431 g/mol. The maximum atomic E-state index is 13.7. The van der Waals surface area contributed by atoms with E-state index < -0.39 is 33.5 Å². The van der Waals surface area contributed by atoms with Gasteiger partial charge in [0.05, 0.1) is 12.0 Å². The molecule has 0 bridgehead atoms. The van der Waals surface area contributed by atoms with Crippen LogP contribution in [0, 0.1) is 17.5 Å². The highest BCUT2D eigenvalue weighted by molar-refractivity contribution is 7.89. The van der Waals surface area contributed by atoms with Gasteiger partial charge in [-0.2, -0.15) is 0 Å². The number of methoxy groups -OCH3 is 1. The van der Waals surface area contributed by atoms with Crippen LogP contribution in [-0.4, -0.2) is 33.1 Å². The molecule has 0 saturated heterocycles. The number of halogens is 3. The molecule has 0 aliphatic heterocycles. The van der Waals surface area contributed by atoms with E-state index in [0.29, 0.717) is 18.0 Å². The molecule has 0 amide bonds. The molecule has 0 saturated carbocycles. The number of benzene rings is 2. The van der Waals surface area contributed by atoms with Crippen LogP contribution >= 0.6 is 0 Å². The average molecular weight is 451 g/mol. The smallest absolute Gasteiger partial charge is 0.240 e. The van der Waals surface area contributed by atoms with Gasteiger partial charge in [0.25, 0.3) is 0 Å². The lowest BCUT2D eigenvalue weighted by Gasteiger charge is -2.14. The van der Waals surface area contributed by atoms with E-state index in [1.165, 1.54) is 19.2 Å². The average Bonchev–Trinajstić information content (AvgIpc) is 2.76. The molecule has 0 aliphatic rings. The number of aromatic nitrogens is 1. The Labute approximate surface area is 177 Å². The van der Waals surface area contributed by atoms with Crippen molar-refractivity contribution in [1.82, 2.24) is 9.71 Å². The summed E-state index contributed by atoms with van der Waals surface area (Å²) in [7, 11) is -2.37. The van der Waals surface area contributed by atoms with Gasteiger partial charge in [0.15, 0.2) is 11.6 Å². The molecule has 0 aliphatic carbocycles. The molecule has 0 unspecified atom stereocenters. The molecule has 1 heterocycles. The van der Waals surface area contributed by atoms with Gasteiger partial charge in [-0.05, 0) is 41.8 Å². The topological polar surface area (TPSA) is 94.3 Å². The van der Waals surface area contributed by atoms with Gasteiger partial charge in [0.2, 0.25) is 15.9 Å². The molecule has 31 heavy (non-hydrogen) atoms. The first kappa shape index (κ1) is 22.7. The Hall–Kier alpha value is -2.95. The van der Waals surface area contributed by atoms with Gasteiger partial charge < -0.3 is 10.5 Å². The van der Waals surface area contributed by atoms with Crippen LogP contribution in [0.4, 0.5) is 13.2 Å². The molecule has 3 N–H and O–H groups in total. The van der Waals surface area contributed by atoms with Crippen molar-refractivity contribution in [2.24, 2.45) is 5.73 Å². The number of nitrogens with two attached hydrogens (primary N) is 1.